The Labute approximate surface area is 103 Å². The molecular formula is C14H22O3. The fourth-order valence-corrected chi connectivity index (χ4v) is 2.05. The van der Waals surface area contributed by atoms with Gasteiger partial charge in [-0.3, -0.25) is 9.59 Å². The zero-order valence-corrected chi connectivity index (χ0v) is 11.2. The topological polar surface area (TPSA) is 43.4 Å². The molecule has 0 spiro atoms. The molecule has 0 amide bonds. The summed E-state index contributed by atoms with van der Waals surface area (Å²) in [6, 6.07) is 0. The molecule has 0 heterocycles. The molecule has 0 bridgehead atoms. The van der Waals surface area contributed by atoms with Gasteiger partial charge in [0, 0.05) is 6.42 Å². The highest BCUT2D eigenvalue weighted by Crippen LogP contribution is 2.27. The first-order valence-corrected chi connectivity index (χ1v) is 6.29. The van der Waals surface area contributed by atoms with Crippen molar-refractivity contribution in [2.45, 2.75) is 59.0 Å². The van der Waals surface area contributed by atoms with Crippen LogP contribution in [-0.4, -0.2) is 17.4 Å². The molecule has 0 aromatic rings. The average Bonchev–Trinajstić information content (AvgIpc) is 2.15. The summed E-state index contributed by atoms with van der Waals surface area (Å²) in [4.78, 5) is 23.4. The van der Waals surface area contributed by atoms with E-state index >= 15 is 0 Å². The second-order valence-corrected chi connectivity index (χ2v) is 5.53. The van der Waals surface area contributed by atoms with Gasteiger partial charge in [-0.2, -0.15) is 0 Å². The van der Waals surface area contributed by atoms with E-state index in [1.165, 1.54) is 0 Å². The largest absolute Gasteiger partial charge is 0.460 e. The average molecular weight is 238 g/mol. The van der Waals surface area contributed by atoms with Crippen LogP contribution in [0.3, 0.4) is 0 Å². The normalized spacial score (nSPS) is 18.6. The number of allylic oxidation sites excluding steroid dienone is 1. The molecule has 0 radical (unpaired) electrons. The van der Waals surface area contributed by atoms with E-state index in [1.54, 1.807) is 6.08 Å². The van der Waals surface area contributed by atoms with Gasteiger partial charge in [0.05, 0.1) is 5.92 Å². The molecule has 1 aliphatic carbocycles. The Kier molecular flexibility index (Phi) is 4.49. The molecule has 0 N–H and O–H groups in total. The van der Waals surface area contributed by atoms with E-state index < -0.39 is 5.60 Å². The van der Waals surface area contributed by atoms with Gasteiger partial charge in [0.2, 0.25) is 0 Å². The van der Waals surface area contributed by atoms with Crippen LogP contribution in [0.2, 0.25) is 0 Å². The van der Waals surface area contributed by atoms with E-state index in [0.29, 0.717) is 12.8 Å². The van der Waals surface area contributed by atoms with Gasteiger partial charge in [0.25, 0.3) is 0 Å². The molecule has 0 fully saturated rings. The predicted molar refractivity (Wildman–Crippen MR) is 66.6 cm³/mol. The van der Waals surface area contributed by atoms with Crippen molar-refractivity contribution in [1.29, 1.82) is 0 Å². The lowest BCUT2D eigenvalue weighted by Crippen LogP contribution is -2.30. The van der Waals surface area contributed by atoms with Crippen LogP contribution in [0.5, 0.6) is 0 Å². The van der Waals surface area contributed by atoms with E-state index in [4.69, 9.17) is 4.74 Å². The number of hydrogen-bond donors (Lipinski definition) is 0. The minimum Gasteiger partial charge on any atom is -0.460 e. The Morgan fingerprint density at radius 2 is 2.06 bits per heavy atom. The van der Waals surface area contributed by atoms with Crippen LogP contribution in [0.4, 0.5) is 0 Å². The van der Waals surface area contributed by atoms with Crippen LogP contribution in [0.1, 0.15) is 53.4 Å². The lowest BCUT2D eigenvalue weighted by molar-refractivity contribution is -0.158. The predicted octanol–water partition coefficient (Wildman–Crippen LogP) is 3.03. The molecule has 1 atom stereocenters. The molecule has 1 rings (SSSR count). The highest BCUT2D eigenvalue weighted by molar-refractivity contribution is 5.92. The maximum absolute atomic E-state index is 12.0. The van der Waals surface area contributed by atoms with Gasteiger partial charge in [-0.05, 0) is 46.1 Å². The van der Waals surface area contributed by atoms with E-state index in [-0.39, 0.29) is 17.7 Å². The number of carbonyl (C=O) groups excluding carboxylic acids is 2. The Morgan fingerprint density at radius 3 is 2.53 bits per heavy atom. The van der Waals surface area contributed by atoms with Gasteiger partial charge < -0.3 is 4.74 Å². The summed E-state index contributed by atoms with van der Waals surface area (Å²) in [6.45, 7) is 7.53. The van der Waals surface area contributed by atoms with Crippen LogP contribution >= 0.6 is 0 Å². The SMILES string of the molecule is CCC(C(=O)OC(C)(C)C)C1=CC(=O)CCC1. The van der Waals surface area contributed by atoms with Crippen molar-refractivity contribution in [2.75, 3.05) is 0 Å². The van der Waals surface area contributed by atoms with E-state index in [0.717, 1.165) is 18.4 Å². The summed E-state index contributed by atoms with van der Waals surface area (Å²) in [5.74, 6) is -0.326. The first kappa shape index (κ1) is 13.9. The lowest BCUT2D eigenvalue weighted by atomic mass is 9.87. The van der Waals surface area contributed by atoms with Crippen molar-refractivity contribution in [2.24, 2.45) is 5.92 Å². The summed E-state index contributed by atoms with van der Waals surface area (Å²) >= 11 is 0. The van der Waals surface area contributed by atoms with E-state index in [2.05, 4.69) is 0 Å². The van der Waals surface area contributed by atoms with Gasteiger partial charge in [-0.15, -0.1) is 0 Å². The first-order valence-electron chi connectivity index (χ1n) is 6.29. The standard InChI is InChI=1S/C14H22O3/c1-5-12(13(16)17-14(2,3)4)10-7-6-8-11(15)9-10/h9,12H,5-8H2,1-4H3. The smallest absolute Gasteiger partial charge is 0.313 e. The van der Waals surface area contributed by atoms with Crippen LogP contribution in [0.15, 0.2) is 11.6 Å². The molecular weight excluding hydrogens is 216 g/mol. The first-order chi connectivity index (χ1) is 7.83. The van der Waals surface area contributed by atoms with Gasteiger partial charge in [0.1, 0.15) is 5.60 Å². The zero-order chi connectivity index (χ0) is 13.1. The second-order valence-electron chi connectivity index (χ2n) is 5.53. The van der Waals surface area contributed by atoms with Gasteiger partial charge in [-0.25, -0.2) is 0 Å². The molecule has 0 saturated heterocycles. The fraction of sp³-hybridized carbons (Fsp3) is 0.714. The molecule has 0 saturated carbocycles. The summed E-state index contributed by atoms with van der Waals surface area (Å²) in [5, 5.41) is 0. The Bertz CT molecular complexity index is 334. The van der Waals surface area contributed by atoms with Gasteiger partial charge in [0.15, 0.2) is 5.78 Å². The summed E-state index contributed by atoms with van der Waals surface area (Å²) in [6.07, 6.45) is 4.62. The van der Waals surface area contributed by atoms with Crippen LogP contribution < -0.4 is 0 Å². The quantitative estimate of drug-likeness (QED) is 0.710. The minimum atomic E-state index is -0.469. The third kappa shape index (κ3) is 4.33. The molecule has 3 heteroatoms. The molecule has 96 valence electrons. The maximum atomic E-state index is 12.0. The number of ketones is 1. The maximum Gasteiger partial charge on any atom is 0.313 e. The number of esters is 1. The summed E-state index contributed by atoms with van der Waals surface area (Å²) in [5.41, 5.74) is 0.474. The number of hydrogen-bond acceptors (Lipinski definition) is 3. The zero-order valence-electron chi connectivity index (χ0n) is 11.2. The monoisotopic (exact) mass is 238 g/mol. The van der Waals surface area contributed by atoms with Crippen molar-refractivity contribution in [3.8, 4) is 0 Å². The molecule has 3 nitrogen and oxygen atoms in total. The Hall–Kier alpha value is -1.12. The Balaban J connectivity index is 2.77. The summed E-state index contributed by atoms with van der Waals surface area (Å²) < 4.78 is 5.39. The number of rotatable bonds is 3. The van der Waals surface area contributed by atoms with Crippen molar-refractivity contribution >= 4 is 11.8 Å². The Morgan fingerprint density at radius 1 is 1.41 bits per heavy atom. The van der Waals surface area contributed by atoms with E-state index in [9.17, 15) is 9.59 Å². The highest BCUT2D eigenvalue weighted by Gasteiger charge is 2.28. The third-order valence-electron chi connectivity index (χ3n) is 2.78. The third-order valence-corrected chi connectivity index (χ3v) is 2.78. The molecule has 1 aliphatic rings. The number of ether oxygens (including phenoxy) is 1. The fourth-order valence-electron chi connectivity index (χ4n) is 2.05. The molecule has 17 heavy (non-hydrogen) atoms. The molecule has 1 unspecified atom stereocenters. The highest BCUT2D eigenvalue weighted by atomic mass is 16.6. The second kappa shape index (κ2) is 5.48. The van der Waals surface area contributed by atoms with E-state index in [1.807, 2.05) is 27.7 Å². The molecule has 0 aromatic heterocycles. The van der Waals surface area contributed by atoms with Crippen molar-refractivity contribution < 1.29 is 14.3 Å². The van der Waals surface area contributed by atoms with Gasteiger partial charge >= 0.3 is 5.97 Å². The van der Waals surface area contributed by atoms with Crippen LogP contribution in [0, 0.1) is 5.92 Å². The molecule has 0 aromatic carbocycles. The molecule has 0 aliphatic heterocycles. The lowest BCUT2D eigenvalue weighted by Gasteiger charge is -2.25. The minimum absolute atomic E-state index is 0.133. The number of carbonyl (C=O) groups is 2. The van der Waals surface area contributed by atoms with Gasteiger partial charge in [-0.1, -0.05) is 12.5 Å². The van der Waals surface area contributed by atoms with Crippen molar-refractivity contribution in [1.82, 2.24) is 0 Å². The van der Waals surface area contributed by atoms with Crippen LogP contribution in [0.25, 0.3) is 0 Å². The summed E-state index contributed by atoms with van der Waals surface area (Å²) in [7, 11) is 0. The van der Waals surface area contributed by atoms with Crippen molar-refractivity contribution in [3.63, 3.8) is 0 Å². The van der Waals surface area contributed by atoms with Crippen LogP contribution in [-0.2, 0) is 14.3 Å². The van der Waals surface area contributed by atoms with Crippen molar-refractivity contribution in [3.05, 3.63) is 11.6 Å².